The van der Waals surface area contributed by atoms with Gasteiger partial charge in [-0.05, 0) is 22.9 Å². The molecule has 7 heteroatoms. The second-order valence-corrected chi connectivity index (χ2v) is 7.36. The molecule has 5 aromatic rings. The molecule has 1 amide bonds. The number of rotatable bonds is 3. The number of H-pyrrole nitrogens is 1. The molecule has 0 aliphatic heterocycles. The summed E-state index contributed by atoms with van der Waals surface area (Å²) in [5.41, 5.74) is 1.59. The van der Waals surface area contributed by atoms with Crippen LogP contribution >= 0.6 is 11.3 Å². The lowest BCUT2D eigenvalue weighted by Crippen LogP contribution is -2.19. The number of fused-ring (bicyclic) bond motifs is 2. The zero-order valence-corrected chi connectivity index (χ0v) is 15.9. The predicted molar refractivity (Wildman–Crippen MR) is 115 cm³/mol. The van der Waals surface area contributed by atoms with Gasteiger partial charge in [0.05, 0.1) is 11.1 Å². The lowest BCUT2D eigenvalue weighted by Gasteiger charge is -2.04. The number of hydrogen-bond acceptors (Lipinski definition) is 5. The van der Waals surface area contributed by atoms with E-state index in [2.05, 4.69) is 44.8 Å². The van der Waals surface area contributed by atoms with Crippen LogP contribution in [0.15, 0.2) is 76.9 Å². The summed E-state index contributed by atoms with van der Waals surface area (Å²) in [5.74, 6) is -0.420. The van der Waals surface area contributed by atoms with Gasteiger partial charge in [-0.1, -0.05) is 54.6 Å². The molecule has 0 saturated heterocycles. The molecule has 0 spiro atoms. The van der Waals surface area contributed by atoms with E-state index >= 15 is 0 Å². The SMILES string of the molecule is O=C(Nc1nc(-c2ccc3ccccc3c2)cs1)c1n[nH]c(=O)c2ccccc12. The molecule has 2 N–H and O–H groups in total. The lowest BCUT2D eigenvalue weighted by molar-refractivity contribution is 0.102. The van der Waals surface area contributed by atoms with Crippen LogP contribution in [-0.2, 0) is 0 Å². The van der Waals surface area contributed by atoms with E-state index in [1.54, 1.807) is 24.3 Å². The van der Waals surface area contributed by atoms with Gasteiger partial charge in [-0.2, -0.15) is 5.10 Å². The first kappa shape index (κ1) is 17.3. The number of thiazole rings is 1. The van der Waals surface area contributed by atoms with Crippen LogP contribution in [-0.4, -0.2) is 21.1 Å². The maximum absolute atomic E-state index is 12.7. The van der Waals surface area contributed by atoms with E-state index in [1.165, 1.54) is 11.3 Å². The number of nitrogens with zero attached hydrogens (tertiary/aromatic N) is 2. The number of benzene rings is 3. The molecule has 2 aromatic heterocycles. The van der Waals surface area contributed by atoms with Gasteiger partial charge in [0.15, 0.2) is 10.8 Å². The number of aromatic amines is 1. The second kappa shape index (κ2) is 6.96. The Kier molecular flexibility index (Phi) is 4.14. The summed E-state index contributed by atoms with van der Waals surface area (Å²) in [6.45, 7) is 0. The molecule has 29 heavy (non-hydrogen) atoms. The molecule has 140 valence electrons. The molecule has 0 aliphatic rings. The topological polar surface area (TPSA) is 87.7 Å². The van der Waals surface area contributed by atoms with Gasteiger partial charge < -0.3 is 0 Å². The summed E-state index contributed by atoms with van der Waals surface area (Å²) >= 11 is 1.34. The van der Waals surface area contributed by atoms with E-state index in [1.807, 2.05) is 23.6 Å². The number of nitrogens with one attached hydrogen (secondary N) is 2. The van der Waals surface area contributed by atoms with Crippen LogP contribution in [0.1, 0.15) is 10.5 Å². The Balaban J connectivity index is 1.45. The monoisotopic (exact) mass is 398 g/mol. The summed E-state index contributed by atoms with van der Waals surface area (Å²) in [6.07, 6.45) is 0. The van der Waals surface area contributed by atoms with Crippen molar-refractivity contribution in [2.45, 2.75) is 0 Å². The van der Waals surface area contributed by atoms with Crippen LogP contribution in [0, 0.1) is 0 Å². The van der Waals surface area contributed by atoms with Crippen LogP contribution in [0.3, 0.4) is 0 Å². The van der Waals surface area contributed by atoms with Crippen molar-refractivity contribution < 1.29 is 4.79 Å². The van der Waals surface area contributed by atoms with Crippen molar-refractivity contribution in [1.82, 2.24) is 15.2 Å². The minimum atomic E-state index is -0.420. The van der Waals surface area contributed by atoms with Gasteiger partial charge in [0.2, 0.25) is 0 Å². The third-order valence-electron chi connectivity index (χ3n) is 4.68. The third-order valence-corrected chi connectivity index (χ3v) is 5.44. The van der Waals surface area contributed by atoms with Crippen LogP contribution in [0.5, 0.6) is 0 Å². The quantitative estimate of drug-likeness (QED) is 0.470. The second-order valence-electron chi connectivity index (χ2n) is 6.50. The molecular weight excluding hydrogens is 384 g/mol. The molecule has 0 atom stereocenters. The Morgan fingerprint density at radius 2 is 1.69 bits per heavy atom. The Hall–Kier alpha value is -3.84. The number of aromatic nitrogens is 3. The van der Waals surface area contributed by atoms with Crippen molar-refractivity contribution in [2.24, 2.45) is 0 Å². The van der Waals surface area contributed by atoms with Gasteiger partial charge in [-0.3, -0.25) is 14.9 Å². The third kappa shape index (κ3) is 3.17. The van der Waals surface area contributed by atoms with Crippen LogP contribution in [0.25, 0.3) is 32.8 Å². The molecule has 6 nitrogen and oxygen atoms in total. The van der Waals surface area contributed by atoms with Crippen molar-refractivity contribution in [3.63, 3.8) is 0 Å². The molecule has 0 saturated carbocycles. The smallest absolute Gasteiger partial charge is 0.278 e. The first-order chi connectivity index (χ1) is 14.2. The molecule has 0 aliphatic carbocycles. The average Bonchev–Trinajstić information content (AvgIpc) is 3.22. The number of amides is 1. The van der Waals surface area contributed by atoms with Crippen molar-refractivity contribution in [1.29, 1.82) is 0 Å². The summed E-state index contributed by atoms with van der Waals surface area (Å²) in [7, 11) is 0. The largest absolute Gasteiger partial charge is 0.296 e. The molecule has 2 heterocycles. The molecule has 5 rings (SSSR count). The average molecular weight is 398 g/mol. The fourth-order valence-corrected chi connectivity index (χ4v) is 3.97. The standard InChI is InChI=1S/C22H14N4O2S/c27-20-17-8-4-3-7-16(17)19(25-26-20)21(28)24-22-23-18(12-29-22)15-10-9-13-5-1-2-6-14(13)11-15/h1-12H,(H,26,27)(H,23,24,28). The van der Waals surface area contributed by atoms with Crippen molar-refractivity contribution in [3.8, 4) is 11.3 Å². The number of carbonyl (C=O) groups excluding carboxylic acids is 1. The van der Waals surface area contributed by atoms with Gasteiger partial charge in [0.1, 0.15) is 0 Å². The van der Waals surface area contributed by atoms with E-state index in [0.29, 0.717) is 15.9 Å². The van der Waals surface area contributed by atoms with Crippen LogP contribution in [0.4, 0.5) is 5.13 Å². The first-order valence-corrected chi connectivity index (χ1v) is 9.80. The summed E-state index contributed by atoms with van der Waals surface area (Å²) in [6, 6.07) is 21.1. The summed E-state index contributed by atoms with van der Waals surface area (Å²) in [4.78, 5) is 29.2. The molecule has 0 bridgehead atoms. The van der Waals surface area contributed by atoms with E-state index in [9.17, 15) is 9.59 Å². The fraction of sp³-hybridized carbons (Fsp3) is 0. The van der Waals surface area contributed by atoms with Gasteiger partial charge in [-0.25, -0.2) is 10.1 Å². The number of carbonyl (C=O) groups is 1. The summed E-state index contributed by atoms with van der Waals surface area (Å²) in [5, 5.41) is 14.7. The Bertz CT molecular complexity index is 1440. The zero-order chi connectivity index (χ0) is 19.8. The van der Waals surface area contributed by atoms with Crippen molar-refractivity contribution in [2.75, 3.05) is 5.32 Å². The minimum Gasteiger partial charge on any atom is -0.296 e. The zero-order valence-electron chi connectivity index (χ0n) is 15.0. The van der Waals surface area contributed by atoms with Crippen molar-refractivity contribution >= 4 is 43.9 Å². The lowest BCUT2D eigenvalue weighted by atomic mass is 10.1. The van der Waals surface area contributed by atoms with Crippen LogP contribution in [0.2, 0.25) is 0 Å². The molecular formula is C22H14N4O2S. The van der Waals surface area contributed by atoms with Gasteiger partial charge in [0.25, 0.3) is 11.5 Å². The van der Waals surface area contributed by atoms with E-state index in [0.717, 1.165) is 22.0 Å². The Morgan fingerprint density at radius 1 is 0.931 bits per heavy atom. The molecule has 0 unspecified atom stereocenters. The number of anilines is 1. The first-order valence-electron chi connectivity index (χ1n) is 8.92. The van der Waals surface area contributed by atoms with Crippen molar-refractivity contribution in [3.05, 3.63) is 88.2 Å². The maximum atomic E-state index is 12.7. The normalized spacial score (nSPS) is 11.0. The van der Waals surface area contributed by atoms with E-state index in [4.69, 9.17) is 0 Å². The maximum Gasteiger partial charge on any atom is 0.278 e. The van der Waals surface area contributed by atoms with E-state index in [-0.39, 0.29) is 11.3 Å². The molecule has 3 aromatic carbocycles. The molecule has 0 fully saturated rings. The highest BCUT2D eigenvalue weighted by molar-refractivity contribution is 7.14. The molecule has 0 radical (unpaired) electrons. The summed E-state index contributed by atoms with van der Waals surface area (Å²) < 4.78 is 0. The van der Waals surface area contributed by atoms with E-state index < -0.39 is 5.91 Å². The Labute approximate surface area is 168 Å². The predicted octanol–water partition coefficient (Wildman–Crippen LogP) is 4.45. The fourth-order valence-electron chi connectivity index (χ4n) is 3.26. The van der Waals surface area contributed by atoms with Gasteiger partial charge in [-0.15, -0.1) is 11.3 Å². The van der Waals surface area contributed by atoms with Gasteiger partial charge in [0, 0.05) is 16.3 Å². The highest BCUT2D eigenvalue weighted by Gasteiger charge is 2.16. The van der Waals surface area contributed by atoms with Gasteiger partial charge >= 0.3 is 0 Å². The number of hydrogen-bond donors (Lipinski definition) is 2. The Morgan fingerprint density at radius 3 is 2.55 bits per heavy atom. The minimum absolute atomic E-state index is 0.155. The van der Waals surface area contributed by atoms with Crippen LogP contribution < -0.4 is 10.9 Å². The highest BCUT2D eigenvalue weighted by atomic mass is 32.1. The highest BCUT2D eigenvalue weighted by Crippen LogP contribution is 2.28.